The van der Waals surface area contributed by atoms with Crippen molar-refractivity contribution in [2.75, 3.05) is 33.2 Å². The van der Waals surface area contributed by atoms with Gasteiger partial charge >= 0.3 is 0 Å². The maximum absolute atomic E-state index is 13.8. The topological polar surface area (TPSA) is 15.3 Å². The quantitative estimate of drug-likeness (QED) is 0.730. The lowest BCUT2D eigenvalue weighted by Gasteiger charge is -2.48. The number of piperidine rings is 2. The Kier molecular flexibility index (Phi) is 5.93. The summed E-state index contributed by atoms with van der Waals surface area (Å²) in [7, 11) is 2.01. The largest absolute Gasteiger partial charge is 0.311 e. The smallest absolute Gasteiger partial charge is 0.265 e. The molecule has 0 unspecified atom stereocenters. The fourth-order valence-corrected chi connectivity index (χ4v) is 2.61. The van der Waals surface area contributed by atoms with E-state index in [1.54, 1.807) is 0 Å². The molecular formula is C10H20Cl2F2N2. The Bertz CT molecular complexity index is 219. The van der Waals surface area contributed by atoms with E-state index in [4.69, 9.17) is 0 Å². The van der Waals surface area contributed by atoms with Crippen molar-refractivity contribution in [1.29, 1.82) is 0 Å². The van der Waals surface area contributed by atoms with Crippen molar-refractivity contribution in [2.24, 2.45) is 5.41 Å². The molecule has 0 aromatic rings. The first kappa shape index (κ1) is 16.4. The minimum Gasteiger partial charge on any atom is -0.311 e. The van der Waals surface area contributed by atoms with Crippen molar-refractivity contribution in [1.82, 2.24) is 10.2 Å². The lowest BCUT2D eigenvalue weighted by atomic mass is 9.69. The summed E-state index contributed by atoms with van der Waals surface area (Å²) >= 11 is 0. The molecule has 0 aromatic carbocycles. The van der Waals surface area contributed by atoms with Crippen LogP contribution in [0.2, 0.25) is 0 Å². The van der Waals surface area contributed by atoms with Gasteiger partial charge in [0.05, 0.1) is 6.54 Å². The highest BCUT2D eigenvalue weighted by atomic mass is 35.5. The molecule has 98 valence electrons. The second-order valence-electron chi connectivity index (χ2n) is 4.71. The van der Waals surface area contributed by atoms with Gasteiger partial charge in [0.15, 0.2) is 0 Å². The summed E-state index contributed by atoms with van der Waals surface area (Å²) in [4.78, 5) is 2.14. The highest BCUT2D eigenvalue weighted by molar-refractivity contribution is 5.85. The molecule has 2 aliphatic heterocycles. The number of nitrogens with zero attached hydrogens (tertiary/aromatic N) is 1. The van der Waals surface area contributed by atoms with Crippen LogP contribution in [0.15, 0.2) is 0 Å². The molecule has 2 heterocycles. The van der Waals surface area contributed by atoms with Gasteiger partial charge in [-0.05, 0) is 45.9 Å². The number of halogens is 4. The normalized spacial score (nSPS) is 27.9. The predicted molar refractivity (Wildman–Crippen MR) is 66.1 cm³/mol. The van der Waals surface area contributed by atoms with E-state index in [-0.39, 0.29) is 31.4 Å². The summed E-state index contributed by atoms with van der Waals surface area (Å²) in [5, 5.41) is 2.79. The molecule has 0 radical (unpaired) electrons. The Balaban J connectivity index is 0.00000112. The van der Waals surface area contributed by atoms with Gasteiger partial charge in [0.1, 0.15) is 0 Å². The summed E-state index contributed by atoms with van der Waals surface area (Å²) < 4.78 is 27.6. The van der Waals surface area contributed by atoms with Gasteiger partial charge in [-0.15, -0.1) is 24.8 Å². The molecule has 2 nitrogen and oxygen atoms in total. The van der Waals surface area contributed by atoms with Crippen LogP contribution in [0.4, 0.5) is 8.78 Å². The monoisotopic (exact) mass is 276 g/mol. The molecule has 0 atom stereocenters. The van der Waals surface area contributed by atoms with Crippen LogP contribution < -0.4 is 5.32 Å². The molecule has 2 saturated heterocycles. The molecule has 2 fully saturated rings. The van der Waals surface area contributed by atoms with Crippen LogP contribution in [0.5, 0.6) is 0 Å². The van der Waals surface area contributed by atoms with E-state index >= 15 is 0 Å². The lowest BCUT2D eigenvalue weighted by Crippen LogP contribution is -2.57. The lowest BCUT2D eigenvalue weighted by molar-refractivity contribution is -0.159. The Labute approximate surface area is 108 Å². The SMILES string of the molecule is CN1CCC2(CCNCC2(F)F)CC1.Cl.Cl. The van der Waals surface area contributed by atoms with Gasteiger partial charge in [-0.25, -0.2) is 8.78 Å². The van der Waals surface area contributed by atoms with Gasteiger partial charge in [0.25, 0.3) is 5.92 Å². The third-order valence-corrected chi connectivity index (χ3v) is 3.85. The summed E-state index contributed by atoms with van der Waals surface area (Å²) in [6.45, 7) is 2.25. The minimum atomic E-state index is -2.51. The number of hydrogen-bond acceptors (Lipinski definition) is 2. The first-order chi connectivity index (χ1) is 6.56. The molecular weight excluding hydrogens is 257 g/mol. The number of rotatable bonds is 0. The summed E-state index contributed by atoms with van der Waals surface area (Å²) in [6.07, 6.45) is 1.93. The molecule has 16 heavy (non-hydrogen) atoms. The molecule has 0 aliphatic carbocycles. The summed E-state index contributed by atoms with van der Waals surface area (Å²) in [6, 6.07) is 0. The van der Waals surface area contributed by atoms with Crippen molar-refractivity contribution in [3.05, 3.63) is 0 Å². The number of likely N-dealkylation sites (tertiary alicyclic amines) is 1. The van der Waals surface area contributed by atoms with E-state index in [0.29, 0.717) is 19.3 Å². The van der Waals surface area contributed by atoms with E-state index in [1.807, 2.05) is 7.05 Å². The van der Waals surface area contributed by atoms with Gasteiger partial charge in [-0.3, -0.25) is 0 Å². The van der Waals surface area contributed by atoms with Crippen molar-refractivity contribution < 1.29 is 8.78 Å². The Morgan fingerprint density at radius 1 is 1.06 bits per heavy atom. The van der Waals surface area contributed by atoms with Crippen LogP contribution in [0.25, 0.3) is 0 Å². The molecule has 1 spiro atoms. The van der Waals surface area contributed by atoms with E-state index < -0.39 is 11.3 Å². The van der Waals surface area contributed by atoms with Gasteiger partial charge < -0.3 is 10.2 Å². The highest BCUT2D eigenvalue weighted by Crippen LogP contribution is 2.48. The Hall–Kier alpha value is 0.360. The number of nitrogens with one attached hydrogen (secondary N) is 1. The first-order valence-corrected chi connectivity index (χ1v) is 5.33. The third kappa shape index (κ3) is 2.78. The van der Waals surface area contributed by atoms with Crippen LogP contribution in [0.3, 0.4) is 0 Å². The zero-order valence-electron chi connectivity index (χ0n) is 9.47. The van der Waals surface area contributed by atoms with Gasteiger partial charge in [0.2, 0.25) is 0 Å². The van der Waals surface area contributed by atoms with Crippen molar-refractivity contribution in [2.45, 2.75) is 25.2 Å². The molecule has 6 heteroatoms. The standard InChI is InChI=1S/C10H18F2N2.2ClH/c1-14-6-3-9(4-7-14)2-5-13-8-10(9,11)12;;/h13H,2-8H2,1H3;2*1H. The van der Waals surface area contributed by atoms with Crippen molar-refractivity contribution >= 4 is 24.8 Å². The fraction of sp³-hybridized carbons (Fsp3) is 1.00. The molecule has 0 saturated carbocycles. The fourth-order valence-electron chi connectivity index (χ4n) is 2.61. The van der Waals surface area contributed by atoms with E-state index in [0.717, 1.165) is 19.6 Å². The van der Waals surface area contributed by atoms with E-state index in [2.05, 4.69) is 10.2 Å². The molecule has 2 rings (SSSR count). The van der Waals surface area contributed by atoms with Crippen LogP contribution in [-0.2, 0) is 0 Å². The predicted octanol–water partition coefficient (Wildman–Crippen LogP) is 2.17. The van der Waals surface area contributed by atoms with Crippen LogP contribution in [0.1, 0.15) is 19.3 Å². The second-order valence-corrected chi connectivity index (χ2v) is 4.71. The average Bonchev–Trinajstić information content (AvgIpc) is 2.14. The molecule has 2 aliphatic rings. The molecule has 0 aromatic heterocycles. The van der Waals surface area contributed by atoms with Crippen molar-refractivity contribution in [3.63, 3.8) is 0 Å². The third-order valence-electron chi connectivity index (χ3n) is 3.85. The highest BCUT2D eigenvalue weighted by Gasteiger charge is 2.55. The van der Waals surface area contributed by atoms with E-state index in [1.165, 1.54) is 0 Å². The molecule has 0 amide bonds. The molecule has 0 bridgehead atoms. The van der Waals surface area contributed by atoms with Gasteiger partial charge in [-0.2, -0.15) is 0 Å². The van der Waals surface area contributed by atoms with Crippen LogP contribution in [-0.4, -0.2) is 44.0 Å². The first-order valence-electron chi connectivity index (χ1n) is 5.33. The Morgan fingerprint density at radius 3 is 2.12 bits per heavy atom. The minimum absolute atomic E-state index is 0. The molecule has 1 N–H and O–H groups in total. The summed E-state index contributed by atoms with van der Waals surface area (Å²) in [5.41, 5.74) is -0.704. The van der Waals surface area contributed by atoms with E-state index in [9.17, 15) is 8.78 Å². The number of hydrogen-bond donors (Lipinski definition) is 1. The average molecular weight is 277 g/mol. The van der Waals surface area contributed by atoms with Gasteiger partial charge in [-0.1, -0.05) is 0 Å². The maximum atomic E-state index is 13.8. The Morgan fingerprint density at radius 2 is 1.62 bits per heavy atom. The zero-order valence-corrected chi connectivity index (χ0v) is 11.1. The van der Waals surface area contributed by atoms with Crippen LogP contribution in [0, 0.1) is 5.41 Å². The number of alkyl halides is 2. The maximum Gasteiger partial charge on any atom is 0.265 e. The summed E-state index contributed by atoms with van der Waals surface area (Å²) in [5.74, 6) is -2.51. The van der Waals surface area contributed by atoms with Crippen molar-refractivity contribution in [3.8, 4) is 0 Å². The second kappa shape index (κ2) is 5.80. The van der Waals surface area contributed by atoms with Crippen LogP contribution >= 0.6 is 24.8 Å². The van der Waals surface area contributed by atoms with Gasteiger partial charge in [0, 0.05) is 5.41 Å². The zero-order chi connectivity index (χ0) is 10.2.